The summed E-state index contributed by atoms with van der Waals surface area (Å²) < 4.78 is 38.6. The SMILES string of the molecule is Cc1ccc(S(=O)(=O)NC(=O)NCCc2ccc(B3OC(C)(C)C(C)(C)O3)cc2)cc1. The number of carbonyl (C=O) groups is 1. The Morgan fingerprint density at radius 1 is 0.935 bits per heavy atom. The lowest BCUT2D eigenvalue weighted by atomic mass is 9.79. The van der Waals surface area contributed by atoms with E-state index in [4.69, 9.17) is 9.31 Å². The van der Waals surface area contributed by atoms with Crippen molar-refractivity contribution in [2.75, 3.05) is 6.54 Å². The number of hydrogen-bond acceptors (Lipinski definition) is 5. The molecule has 0 atom stereocenters. The van der Waals surface area contributed by atoms with Crippen LogP contribution in [0.1, 0.15) is 38.8 Å². The Morgan fingerprint density at radius 2 is 1.48 bits per heavy atom. The van der Waals surface area contributed by atoms with Crippen molar-refractivity contribution in [2.45, 2.75) is 57.1 Å². The highest BCUT2D eigenvalue weighted by atomic mass is 32.2. The Hall–Kier alpha value is -2.36. The van der Waals surface area contributed by atoms with Crippen LogP contribution < -0.4 is 15.5 Å². The molecule has 0 bridgehead atoms. The van der Waals surface area contributed by atoms with E-state index in [0.717, 1.165) is 16.6 Å². The normalized spacial score (nSPS) is 17.4. The van der Waals surface area contributed by atoms with Gasteiger partial charge < -0.3 is 14.6 Å². The molecule has 1 saturated heterocycles. The van der Waals surface area contributed by atoms with Crippen LogP contribution in [0.2, 0.25) is 0 Å². The number of aryl methyl sites for hydroxylation is 1. The monoisotopic (exact) mass is 444 g/mol. The zero-order valence-electron chi connectivity index (χ0n) is 18.6. The maximum atomic E-state index is 12.2. The number of nitrogens with one attached hydrogen (secondary N) is 2. The van der Waals surface area contributed by atoms with E-state index in [-0.39, 0.29) is 4.90 Å². The molecule has 0 saturated carbocycles. The van der Waals surface area contributed by atoms with Crippen molar-refractivity contribution in [1.82, 2.24) is 10.0 Å². The van der Waals surface area contributed by atoms with E-state index in [1.165, 1.54) is 12.1 Å². The fourth-order valence-corrected chi connectivity index (χ4v) is 4.00. The lowest BCUT2D eigenvalue weighted by molar-refractivity contribution is 0.00578. The quantitative estimate of drug-likeness (QED) is 0.668. The van der Waals surface area contributed by atoms with Gasteiger partial charge in [0.15, 0.2) is 0 Å². The summed E-state index contributed by atoms with van der Waals surface area (Å²) in [6.07, 6.45) is 0.557. The van der Waals surface area contributed by atoms with E-state index < -0.39 is 34.4 Å². The van der Waals surface area contributed by atoms with Gasteiger partial charge in [0.05, 0.1) is 16.1 Å². The Bertz CT molecular complexity index is 1020. The number of benzene rings is 2. The van der Waals surface area contributed by atoms with Crippen LogP contribution in [0.5, 0.6) is 0 Å². The second-order valence-corrected chi connectivity index (χ2v) is 10.4. The molecule has 2 N–H and O–H groups in total. The van der Waals surface area contributed by atoms with Gasteiger partial charge in [-0.1, -0.05) is 42.0 Å². The second-order valence-electron chi connectivity index (χ2n) is 8.75. The molecular formula is C22H29BN2O5S. The van der Waals surface area contributed by atoms with Crippen LogP contribution in [0.4, 0.5) is 4.79 Å². The lowest BCUT2D eigenvalue weighted by Gasteiger charge is -2.32. The maximum absolute atomic E-state index is 12.2. The smallest absolute Gasteiger partial charge is 0.399 e. The van der Waals surface area contributed by atoms with E-state index in [0.29, 0.717) is 13.0 Å². The van der Waals surface area contributed by atoms with Crippen molar-refractivity contribution in [3.63, 3.8) is 0 Å². The summed E-state index contributed by atoms with van der Waals surface area (Å²) in [4.78, 5) is 12.1. The first kappa shape index (κ1) is 23.3. The topological polar surface area (TPSA) is 93.7 Å². The third-order valence-corrected chi connectivity index (χ3v) is 7.11. The van der Waals surface area contributed by atoms with E-state index >= 15 is 0 Å². The zero-order chi connectivity index (χ0) is 22.9. The van der Waals surface area contributed by atoms with Crippen molar-refractivity contribution in [2.24, 2.45) is 0 Å². The van der Waals surface area contributed by atoms with Crippen molar-refractivity contribution < 1.29 is 22.5 Å². The van der Waals surface area contributed by atoms with Crippen LogP contribution in [-0.4, -0.2) is 39.3 Å². The fraction of sp³-hybridized carbons (Fsp3) is 0.409. The molecule has 31 heavy (non-hydrogen) atoms. The molecule has 1 aliphatic rings. The first-order valence-electron chi connectivity index (χ1n) is 10.2. The predicted molar refractivity (Wildman–Crippen MR) is 121 cm³/mol. The number of rotatable bonds is 6. The molecule has 2 aromatic carbocycles. The molecule has 0 aliphatic carbocycles. The number of urea groups is 1. The van der Waals surface area contributed by atoms with Crippen LogP contribution >= 0.6 is 0 Å². The average Bonchev–Trinajstić information content (AvgIpc) is 2.89. The van der Waals surface area contributed by atoms with E-state index in [1.807, 2.05) is 63.6 Å². The van der Waals surface area contributed by atoms with Gasteiger partial charge in [0.1, 0.15) is 0 Å². The molecule has 0 aromatic heterocycles. The Balaban J connectivity index is 1.50. The zero-order valence-corrected chi connectivity index (χ0v) is 19.4. The van der Waals surface area contributed by atoms with Crippen LogP contribution in [0.25, 0.3) is 0 Å². The molecule has 0 unspecified atom stereocenters. The molecule has 0 spiro atoms. The maximum Gasteiger partial charge on any atom is 0.494 e. The average molecular weight is 444 g/mol. The van der Waals surface area contributed by atoms with E-state index in [1.54, 1.807) is 12.1 Å². The van der Waals surface area contributed by atoms with Gasteiger partial charge in [0.2, 0.25) is 0 Å². The molecule has 0 radical (unpaired) electrons. The highest BCUT2D eigenvalue weighted by molar-refractivity contribution is 7.90. The molecule has 166 valence electrons. The minimum atomic E-state index is -3.90. The largest absolute Gasteiger partial charge is 0.494 e. The Kier molecular flexibility index (Phi) is 6.50. The second kappa shape index (κ2) is 8.65. The van der Waals surface area contributed by atoms with E-state index in [9.17, 15) is 13.2 Å². The van der Waals surface area contributed by atoms with Gasteiger partial charge in [-0.2, -0.15) is 0 Å². The van der Waals surface area contributed by atoms with Gasteiger partial charge in [0.25, 0.3) is 10.0 Å². The molecule has 1 fully saturated rings. The highest BCUT2D eigenvalue weighted by Crippen LogP contribution is 2.36. The van der Waals surface area contributed by atoms with Crippen LogP contribution in [0, 0.1) is 6.92 Å². The first-order valence-corrected chi connectivity index (χ1v) is 11.7. The molecule has 7 nitrogen and oxygen atoms in total. The number of hydrogen-bond donors (Lipinski definition) is 2. The fourth-order valence-electron chi connectivity index (χ4n) is 3.08. The summed E-state index contributed by atoms with van der Waals surface area (Å²) in [5.41, 5.74) is 2.08. The summed E-state index contributed by atoms with van der Waals surface area (Å²) >= 11 is 0. The van der Waals surface area contributed by atoms with Gasteiger partial charge in [0, 0.05) is 6.54 Å². The van der Waals surface area contributed by atoms with Crippen molar-refractivity contribution in [3.05, 3.63) is 59.7 Å². The van der Waals surface area contributed by atoms with Crippen molar-refractivity contribution in [3.8, 4) is 0 Å². The molecule has 2 amide bonds. The van der Waals surface area contributed by atoms with Gasteiger partial charge in [-0.15, -0.1) is 0 Å². The molecule has 1 aliphatic heterocycles. The minimum Gasteiger partial charge on any atom is -0.399 e. The summed E-state index contributed by atoms with van der Waals surface area (Å²) in [6, 6.07) is 13.3. The summed E-state index contributed by atoms with van der Waals surface area (Å²) in [5, 5.41) is 2.58. The van der Waals surface area contributed by atoms with Gasteiger partial charge in [-0.3, -0.25) is 0 Å². The third-order valence-electron chi connectivity index (χ3n) is 5.76. The number of amides is 2. The first-order chi connectivity index (χ1) is 14.4. The van der Waals surface area contributed by atoms with Crippen LogP contribution in [-0.2, 0) is 25.8 Å². The molecule has 9 heteroatoms. The number of sulfonamides is 1. The Labute approximate surface area is 184 Å². The van der Waals surface area contributed by atoms with Gasteiger partial charge >= 0.3 is 13.1 Å². The standard InChI is InChI=1S/C22H29BN2O5S/c1-16-6-12-19(13-7-16)31(27,28)25-20(26)24-15-14-17-8-10-18(11-9-17)23-29-21(2,3)22(4,5)30-23/h6-13H,14-15H2,1-5H3,(H2,24,25,26). The van der Waals surface area contributed by atoms with Gasteiger partial charge in [-0.05, 0) is 64.2 Å². The van der Waals surface area contributed by atoms with Gasteiger partial charge in [-0.25, -0.2) is 17.9 Å². The highest BCUT2D eigenvalue weighted by Gasteiger charge is 2.51. The predicted octanol–water partition coefficient (Wildman–Crippen LogP) is 2.52. The van der Waals surface area contributed by atoms with Crippen LogP contribution in [0.3, 0.4) is 0 Å². The summed E-state index contributed by atoms with van der Waals surface area (Å²) in [6.45, 7) is 10.2. The molecule has 3 rings (SSSR count). The van der Waals surface area contributed by atoms with E-state index in [2.05, 4.69) is 5.32 Å². The summed E-state index contributed by atoms with van der Waals surface area (Å²) in [7, 11) is -4.32. The van der Waals surface area contributed by atoms with Crippen LogP contribution in [0.15, 0.2) is 53.4 Å². The van der Waals surface area contributed by atoms with Crippen molar-refractivity contribution in [1.29, 1.82) is 0 Å². The molecule has 1 heterocycles. The molecular weight excluding hydrogens is 415 g/mol. The third kappa shape index (κ3) is 5.47. The Morgan fingerprint density at radius 3 is 2.03 bits per heavy atom. The summed E-state index contributed by atoms with van der Waals surface area (Å²) in [5.74, 6) is 0. The lowest BCUT2D eigenvalue weighted by Crippen LogP contribution is -2.41. The molecule has 2 aromatic rings. The number of carbonyl (C=O) groups excluding carboxylic acids is 1. The minimum absolute atomic E-state index is 0.0477. The van der Waals surface area contributed by atoms with Crippen molar-refractivity contribution >= 4 is 28.6 Å².